The molecule has 1 aromatic carbocycles. The first kappa shape index (κ1) is 12.9. The molecule has 0 fully saturated rings. The van der Waals surface area contributed by atoms with E-state index in [1.807, 2.05) is 12.1 Å². The molecular formula is C15H15ClO2. The van der Waals surface area contributed by atoms with E-state index in [1.54, 1.807) is 6.07 Å². The van der Waals surface area contributed by atoms with Crippen molar-refractivity contribution in [3.05, 3.63) is 58.5 Å². The van der Waals surface area contributed by atoms with Crippen LogP contribution < -0.4 is 0 Å². The maximum absolute atomic E-state index is 12.0. The summed E-state index contributed by atoms with van der Waals surface area (Å²) in [5.41, 5.74) is 2.71. The second-order valence-electron chi connectivity index (χ2n) is 4.60. The Kier molecular flexibility index (Phi) is 3.87. The molecule has 0 unspecified atom stereocenters. The lowest BCUT2D eigenvalue weighted by Gasteiger charge is -2.06. The number of benzene rings is 1. The Labute approximate surface area is 112 Å². The van der Waals surface area contributed by atoms with Gasteiger partial charge < -0.3 is 4.42 Å². The highest BCUT2D eigenvalue weighted by molar-refractivity contribution is 6.32. The monoisotopic (exact) mass is 262 g/mol. The van der Waals surface area contributed by atoms with Crippen LogP contribution in [-0.4, -0.2) is 5.78 Å². The lowest BCUT2D eigenvalue weighted by molar-refractivity contribution is 0.0992. The zero-order valence-electron chi connectivity index (χ0n) is 10.4. The van der Waals surface area contributed by atoms with Gasteiger partial charge in [0.15, 0.2) is 5.78 Å². The molecule has 1 heterocycles. The van der Waals surface area contributed by atoms with Crippen LogP contribution in [-0.2, 0) is 6.42 Å². The Morgan fingerprint density at radius 1 is 1.22 bits per heavy atom. The molecule has 3 heteroatoms. The van der Waals surface area contributed by atoms with Crippen molar-refractivity contribution in [2.45, 2.75) is 26.2 Å². The van der Waals surface area contributed by atoms with Crippen molar-refractivity contribution in [3.63, 3.8) is 0 Å². The number of carbonyl (C=O) groups is 1. The van der Waals surface area contributed by atoms with Crippen LogP contribution in [0.4, 0.5) is 0 Å². The standard InChI is InChI=1S/C15H15ClO2/c1-10(2)12-5-3-11(4-6-12)9-14(17)13-7-8-18-15(13)16/h3-8,10H,9H2,1-2H3. The molecule has 0 saturated carbocycles. The van der Waals surface area contributed by atoms with E-state index in [-0.39, 0.29) is 11.0 Å². The van der Waals surface area contributed by atoms with Crippen LogP contribution in [0.3, 0.4) is 0 Å². The van der Waals surface area contributed by atoms with Crippen LogP contribution in [0.2, 0.25) is 5.22 Å². The Morgan fingerprint density at radius 3 is 2.39 bits per heavy atom. The quantitative estimate of drug-likeness (QED) is 0.761. The Hall–Kier alpha value is -1.54. The van der Waals surface area contributed by atoms with Gasteiger partial charge in [-0.3, -0.25) is 4.79 Å². The van der Waals surface area contributed by atoms with Gasteiger partial charge in [-0.2, -0.15) is 0 Å². The number of carbonyl (C=O) groups excluding carboxylic acids is 1. The molecule has 18 heavy (non-hydrogen) atoms. The maximum Gasteiger partial charge on any atom is 0.203 e. The van der Waals surface area contributed by atoms with E-state index in [0.717, 1.165) is 5.56 Å². The van der Waals surface area contributed by atoms with Crippen LogP contribution in [0.1, 0.15) is 41.3 Å². The number of Topliss-reactive ketones (excluding diaryl/α,β-unsaturated/α-hetero) is 1. The van der Waals surface area contributed by atoms with Gasteiger partial charge >= 0.3 is 0 Å². The summed E-state index contributed by atoms with van der Waals surface area (Å²) in [4.78, 5) is 12.0. The highest BCUT2D eigenvalue weighted by atomic mass is 35.5. The summed E-state index contributed by atoms with van der Waals surface area (Å²) in [7, 11) is 0. The second-order valence-corrected chi connectivity index (χ2v) is 4.95. The Balaban J connectivity index is 2.10. The van der Waals surface area contributed by atoms with Crippen molar-refractivity contribution in [2.75, 3.05) is 0 Å². The fourth-order valence-electron chi connectivity index (χ4n) is 1.79. The second kappa shape index (κ2) is 5.40. The van der Waals surface area contributed by atoms with Gasteiger partial charge in [-0.15, -0.1) is 0 Å². The molecule has 0 amide bonds. The summed E-state index contributed by atoms with van der Waals surface area (Å²) in [5.74, 6) is 0.476. The number of ketones is 1. The first-order valence-electron chi connectivity index (χ1n) is 5.93. The van der Waals surface area contributed by atoms with Crippen molar-refractivity contribution in [3.8, 4) is 0 Å². The van der Waals surface area contributed by atoms with Crippen molar-refractivity contribution >= 4 is 17.4 Å². The van der Waals surface area contributed by atoms with Crippen LogP contribution in [0.25, 0.3) is 0 Å². The molecule has 1 aromatic heterocycles. The smallest absolute Gasteiger partial charge is 0.203 e. The molecule has 0 radical (unpaired) electrons. The Morgan fingerprint density at radius 2 is 1.89 bits per heavy atom. The zero-order chi connectivity index (χ0) is 13.1. The van der Waals surface area contributed by atoms with Gasteiger partial charge in [0.2, 0.25) is 5.22 Å². The third kappa shape index (κ3) is 2.82. The lowest BCUT2D eigenvalue weighted by atomic mass is 9.99. The topological polar surface area (TPSA) is 30.2 Å². The van der Waals surface area contributed by atoms with Gasteiger partial charge in [0.05, 0.1) is 11.8 Å². The number of rotatable bonds is 4. The van der Waals surface area contributed by atoms with Gasteiger partial charge in [-0.25, -0.2) is 0 Å². The van der Waals surface area contributed by atoms with E-state index in [2.05, 4.69) is 26.0 Å². The first-order valence-corrected chi connectivity index (χ1v) is 6.30. The summed E-state index contributed by atoms with van der Waals surface area (Å²) >= 11 is 5.78. The van der Waals surface area contributed by atoms with Crippen LogP contribution in [0, 0.1) is 0 Å². The molecule has 0 aliphatic rings. The summed E-state index contributed by atoms with van der Waals surface area (Å²) in [6.45, 7) is 4.29. The number of hydrogen-bond acceptors (Lipinski definition) is 2. The van der Waals surface area contributed by atoms with Gasteiger partial charge in [-0.1, -0.05) is 38.1 Å². The fraction of sp³-hybridized carbons (Fsp3) is 0.267. The highest BCUT2D eigenvalue weighted by Gasteiger charge is 2.13. The molecule has 0 aliphatic heterocycles. The third-order valence-corrected chi connectivity index (χ3v) is 3.22. The molecule has 2 aromatic rings. The third-order valence-electron chi connectivity index (χ3n) is 2.93. The normalized spacial score (nSPS) is 10.9. The van der Waals surface area contributed by atoms with Crippen LogP contribution in [0.5, 0.6) is 0 Å². The van der Waals surface area contributed by atoms with Crippen molar-refractivity contribution in [2.24, 2.45) is 0 Å². The molecular weight excluding hydrogens is 248 g/mol. The van der Waals surface area contributed by atoms with E-state index in [1.165, 1.54) is 11.8 Å². The molecule has 2 nitrogen and oxygen atoms in total. The summed E-state index contributed by atoms with van der Waals surface area (Å²) < 4.78 is 4.92. The number of halogens is 1. The van der Waals surface area contributed by atoms with Crippen LogP contribution in [0.15, 0.2) is 41.0 Å². The number of hydrogen-bond donors (Lipinski definition) is 0. The first-order chi connectivity index (χ1) is 8.58. The minimum absolute atomic E-state index is 0.0222. The molecule has 0 bridgehead atoms. The van der Waals surface area contributed by atoms with E-state index in [9.17, 15) is 4.79 Å². The number of furan rings is 1. The minimum Gasteiger partial charge on any atom is -0.452 e. The van der Waals surface area contributed by atoms with Gasteiger partial charge in [0, 0.05) is 6.42 Å². The SMILES string of the molecule is CC(C)c1ccc(CC(=O)c2ccoc2Cl)cc1. The molecule has 0 spiro atoms. The highest BCUT2D eigenvalue weighted by Crippen LogP contribution is 2.20. The van der Waals surface area contributed by atoms with Gasteiger partial charge in [0.1, 0.15) is 0 Å². The lowest BCUT2D eigenvalue weighted by Crippen LogP contribution is -2.03. The van der Waals surface area contributed by atoms with E-state index < -0.39 is 0 Å². The van der Waals surface area contributed by atoms with Gasteiger partial charge in [-0.05, 0) is 34.7 Å². The largest absolute Gasteiger partial charge is 0.452 e. The minimum atomic E-state index is -0.0222. The van der Waals surface area contributed by atoms with Gasteiger partial charge in [0.25, 0.3) is 0 Å². The predicted molar refractivity (Wildman–Crippen MR) is 72.3 cm³/mol. The van der Waals surface area contributed by atoms with Crippen molar-refractivity contribution in [1.29, 1.82) is 0 Å². The maximum atomic E-state index is 12.0. The molecule has 0 N–H and O–H groups in total. The van der Waals surface area contributed by atoms with E-state index in [0.29, 0.717) is 17.9 Å². The van der Waals surface area contributed by atoms with Crippen molar-refractivity contribution in [1.82, 2.24) is 0 Å². The van der Waals surface area contributed by atoms with E-state index in [4.69, 9.17) is 16.0 Å². The van der Waals surface area contributed by atoms with Crippen molar-refractivity contribution < 1.29 is 9.21 Å². The molecule has 0 saturated heterocycles. The zero-order valence-corrected chi connectivity index (χ0v) is 11.2. The Bertz CT molecular complexity index is 538. The average molecular weight is 263 g/mol. The summed E-state index contributed by atoms with van der Waals surface area (Å²) in [6.07, 6.45) is 1.77. The average Bonchev–Trinajstić information content (AvgIpc) is 2.76. The molecule has 2 rings (SSSR count). The predicted octanol–water partition coefficient (Wildman–Crippen LogP) is 4.48. The fourth-order valence-corrected chi connectivity index (χ4v) is 2.01. The summed E-state index contributed by atoms with van der Waals surface area (Å²) in [5, 5.41) is 0.166. The molecule has 0 atom stereocenters. The summed E-state index contributed by atoms with van der Waals surface area (Å²) in [6, 6.07) is 9.70. The molecule has 94 valence electrons. The van der Waals surface area contributed by atoms with Crippen LogP contribution >= 0.6 is 11.6 Å². The van der Waals surface area contributed by atoms with E-state index >= 15 is 0 Å². The molecule has 0 aliphatic carbocycles.